The molecule has 0 bridgehead atoms. The summed E-state index contributed by atoms with van der Waals surface area (Å²) in [6.07, 6.45) is 0. The van der Waals surface area contributed by atoms with Gasteiger partial charge in [-0.1, -0.05) is 0 Å². The first-order chi connectivity index (χ1) is 10.9. The molecule has 2 rings (SSSR count). The van der Waals surface area contributed by atoms with Gasteiger partial charge >= 0.3 is 6.03 Å². The van der Waals surface area contributed by atoms with Gasteiger partial charge in [-0.05, 0) is 43.3 Å². The van der Waals surface area contributed by atoms with E-state index in [1.54, 1.807) is 6.92 Å². The van der Waals surface area contributed by atoms with Crippen LogP contribution >= 0.6 is 11.3 Å². The Morgan fingerprint density at radius 1 is 1.43 bits per heavy atom. The summed E-state index contributed by atoms with van der Waals surface area (Å²) >= 11 is 1.53. The lowest BCUT2D eigenvalue weighted by Crippen LogP contribution is -2.52. The van der Waals surface area contributed by atoms with Crippen molar-refractivity contribution < 1.29 is 9.90 Å². The van der Waals surface area contributed by atoms with Crippen molar-refractivity contribution in [3.05, 3.63) is 22.4 Å². The summed E-state index contributed by atoms with van der Waals surface area (Å²) in [4.78, 5) is 16.7. The molecule has 2 unspecified atom stereocenters. The van der Waals surface area contributed by atoms with E-state index in [4.69, 9.17) is 0 Å². The van der Waals surface area contributed by atoms with Gasteiger partial charge in [-0.25, -0.2) is 4.79 Å². The number of piperazine rings is 1. The second-order valence-corrected chi connectivity index (χ2v) is 7.40. The third-order valence-electron chi connectivity index (χ3n) is 4.24. The van der Waals surface area contributed by atoms with Crippen LogP contribution in [0.5, 0.6) is 0 Å². The lowest BCUT2D eigenvalue weighted by molar-refractivity contribution is 0.0596. The van der Waals surface area contributed by atoms with E-state index in [2.05, 4.69) is 27.5 Å². The molecule has 0 radical (unpaired) electrons. The van der Waals surface area contributed by atoms with Gasteiger partial charge in [0.25, 0.3) is 0 Å². The first-order valence-corrected chi connectivity index (χ1v) is 9.01. The predicted molar refractivity (Wildman–Crippen MR) is 93.8 cm³/mol. The fourth-order valence-corrected chi connectivity index (χ4v) is 3.45. The largest absolute Gasteiger partial charge is 0.384 e. The number of nitrogens with zero attached hydrogens (tertiary/aromatic N) is 2. The Morgan fingerprint density at radius 2 is 2.13 bits per heavy atom. The minimum absolute atomic E-state index is 0.0736. The molecule has 1 aromatic rings. The number of hydrogen-bond acceptors (Lipinski definition) is 5. The van der Waals surface area contributed by atoms with Crippen LogP contribution in [0.1, 0.15) is 19.4 Å². The Kier molecular flexibility index (Phi) is 6.41. The topological polar surface area (TPSA) is 67.8 Å². The normalized spacial score (nSPS) is 20.7. The van der Waals surface area contributed by atoms with Crippen LogP contribution in [0, 0.1) is 0 Å². The fraction of sp³-hybridized carbons (Fsp3) is 0.688. The maximum absolute atomic E-state index is 12.0. The van der Waals surface area contributed by atoms with Gasteiger partial charge in [0.05, 0.1) is 6.54 Å². The first kappa shape index (κ1) is 18.2. The highest BCUT2D eigenvalue weighted by Crippen LogP contribution is 2.21. The fourth-order valence-electron chi connectivity index (χ4n) is 2.66. The summed E-state index contributed by atoms with van der Waals surface area (Å²) in [5.41, 5.74) is -0.217. The van der Waals surface area contributed by atoms with Crippen molar-refractivity contribution in [3.8, 4) is 0 Å². The maximum Gasteiger partial charge on any atom is 0.315 e. The Balaban J connectivity index is 1.70. The maximum atomic E-state index is 12.0. The average Bonchev–Trinajstić information content (AvgIpc) is 3.03. The zero-order valence-electron chi connectivity index (χ0n) is 14.2. The third kappa shape index (κ3) is 5.76. The van der Waals surface area contributed by atoms with Crippen molar-refractivity contribution in [3.63, 3.8) is 0 Å². The van der Waals surface area contributed by atoms with Crippen LogP contribution in [0.15, 0.2) is 16.8 Å². The van der Waals surface area contributed by atoms with Crippen LogP contribution < -0.4 is 10.6 Å². The summed E-state index contributed by atoms with van der Waals surface area (Å²) in [6.45, 7) is 8.98. The summed E-state index contributed by atoms with van der Waals surface area (Å²) in [5.74, 6) is 0. The first-order valence-electron chi connectivity index (χ1n) is 8.07. The van der Waals surface area contributed by atoms with E-state index >= 15 is 0 Å². The molecule has 1 aromatic heterocycles. The number of nitrogens with one attached hydrogen (secondary N) is 2. The average molecular weight is 340 g/mol. The number of carbonyl (C=O) groups excluding carboxylic acids is 1. The van der Waals surface area contributed by atoms with E-state index in [0.29, 0.717) is 0 Å². The number of aliphatic hydroxyl groups is 1. The highest BCUT2D eigenvalue weighted by Gasteiger charge is 2.24. The predicted octanol–water partition coefficient (Wildman–Crippen LogP) is 0.891. The Hall–Kier alpha value is -1.15. The van der Waals surface area contributed by atoms with E-state index < -0.39 is 5.60 Å². The molecule has 0 aromatic carbocycles. The van der Waals surface area contributed by atoms with E-state index in [1.807, 2.05) is 23.8 Å². The van der Waals surface area contributed by atoms with Crippen LogP contribution in [0.2, 0.25) is 0 Å². The van der Waals surface area contributed by atoms with Crippen LogP contribution in [-0.2, 0) is 5.60 Å². The molecule has 2 heterocycles. The minimum atomic E-state index is -1.04. The number of carbonyl (C=O) groups is 1. The monoisotopic (exact) mass is 340 g/mol. The molecule has 1 aliphatic heterocycles. The molecule has 0 spiro atoms. The highest BCUT2D eigenvalue weighted by molar-refractivity contribution is 7.08. The molecular formula is C16H28N4O2S. The van der Waals surface area contributed by atoms with E-state index in [0.717, 1.165) is 38.3 Å². The number of hydrogen-bond donors (Lipinski definition) is 3. The Labute approximate surface area is 142 Å². The summed E-state index contributed by atoms with van der Waals surface area (Å²) in [7, 11) is 2.13. The van der Waals surface area contributed by atoms with Gasteiger partial charge in [-0.15, -0.1) is 0 Å². The second kappa shape index (κ2) is 8.10. The van der Waals surface area contributed by atoms with Crippen molar-refractivity contribution in [2.45, 2.75) is 25.5 Å². The minimum Gasteiger partial charge on any atom is -0.384 e. The van der Waals surface area contributed by atoms with Crippen LogP contribution in [0.25, 0.3) is 0 Å². The number of urea groups is 1. The number of thiophene rings is 1. The van der Waals surface area contributed by atoms with Gasteiger partial charge in [0, 0.05) is 38.8 Å². The standard InChI is InChI=1S/C16H28N4O2S/c1-13(10-20-7-5-19(3)6-8-20)18-15(21)17-12-16(2,22)14-4-9-23-11-14/h4,9,11,13,22H,5-8,10,12H2,1-3H3,(H2,17,18,21). The summed E-state index contributed by atoms with van der Waals surface area (Å²) in [5, 5.41) is 19.9. The second-order valence-electron chi connectivity index (χ2n) is 6.62. The number of amides is 2. The zero-order chi connectivity index (χ0) is 16.9. The molecule has 2 atom stereocenters. The van der Waals surface area contributed by atoms with Crippen molar-refractivity contribution in [1.82, 2.24) is 20.4 Å². The van der Waals surface area contributed by atoms with Gasteiger partial charge in [0.2, 0.25) is 0 Å². The molecule has 130 valence electrons. The lowest BCUT2D eigenvalue weighted by atomic mass is 9.99. The number of rotatable bonds is 6. The van der Waals surface area contributed by atoms with Gasteiger partial charge in [-0.3, -0.25) is 4.90 Å². The van der Waals surface area contributed by atoms with Crippen molar-refractivity contribution in [2.75, 3.05) is 46.3 Å². The van der Waals surface area contributed by atoms with Crippen molar-refractivity contribution in [2.24, 2.45) is 0 Å². The molecule has 23 heavy (non-hydrogen) atoms. The van der Waals surface area contributed by atoms with Gasteiger partial charge < -0.3 is 20.6 Å². The molecule has 7 heteroatoms. The van der Waals surface area contributed by atoms with Crippen LogP contribution in [0.3, 0.4) is 0 Å². The van der Waals surface area contributed by atoms with E-state index in [9.17, 15) is 9.90 Å². The molecule has 6 nitrogen and oxygen atoms in total. The summed E-state index contributed by atoms with van der Waals surface area (Å²) in [6, 6.07) is 1.71. The van der Waals surface area contributed by atoms with Gasteiger partial charge in [-0.2, -0.15) is 11.3 Å². The van der Waals surface area contributed by atoms with Crippen LogP contribution in [-0.4, -0.2) is 73.3 Å². The zero-order valence-corrected chi connectivity index (χ0v) is 15.0. The lowest BCUT2D eigenvalue weighted by Gasteiger charge is -2.34. The van der Waals surface area contributed by atoms with Crippen molar-refractivity contribution in [1.29, 1.82) is 0 Å². The molecular weight excluding hydrogens is 312 g/mol. The molecule has 1 aliphatic rings. The van der Waals surface area contributed by atoms with Gasteiger partial charge in [0.1, 0.15) is 5.60 Å². The Bertz CT molecular complexity index is 484. The quantitative estimate of drug-likeness (QED) is 0.719. The molecule has 1 fully saturated rings. The van der Waals surface area contributed by atoms with E-state index in [-0.39, 0.29) is 18.6 Å². The third-order valence-corrected chi connectivity index (χ3v) is 4.92. The molecule has 0 aliphatic carbocycles. The van der Waals surface area contributed by atoms with Crippen molar-refractivity contribution >= 4 is 17.4 Å². The number of likely N-dealkylation sites (N-methyl/N-ethyl adjacent to an activating group) is 1. The van der Waals surface area contributed by atoms with Crippen LogP contribution in [0.4, 0.5) is 4.79 Å². The molecule has 1 saturated heterocycles. The smallest absolute Gasteiger partial charge is 0.315 e. The highest BCUT2D eigenvalue weighted by atomic mass is 32.1. The SMILES string of the molecule is CC(CN1CCN(C)CC1)NC(=O)NCC(C)(O)c1ccsc1. The molecule has 0 saturated carbocycles. The molecule has 3 N–H and O–H groups in total. The molecule has 2 amide bonds. The van der Waals surface area contributed by atoms with Gasteiger partial charge in [0.15, 0.2) is 0 Å². The summed E-state index contributed by atoms with van der Waals surface area (Å²) < 4.78 is 0. The van der Waals surface area contributed by atoms with E-state index in [1.165, 1.54) is 11.3 Å². The Morgan fingerprint density at radius 3 is 2.74 bits per heavy atom.